The topological polar surface area (TPSA) is 37.3 Å². The quantitative estimate of drug-likeness (QED) is 0.879. The predicted octanol–water partition coefficient (Wildman–Crippen LogP) is 4.14. The summed E-state index contributed by atoms with van der Waals surface area (Å²) < 4.78 is 0. The van der Waals surface area contributed by atoms with Gasteiger partial charge in [0.15, 0.2) is 0 Å². The standard InChI is InChI=1S/C13H14Cl2O2/c1-8-4-3-7-13(8,12(16)17)11-9(14)5-2-6-10(11)15/h2,5-6,8H,3-4,7H2,1H3,(H,16,17). The molecular formula is C13H14Cl2O2. The van der Waals surface area contributed by atoms with Crippen molar-refractivity contribution < 1.29 is 9.90 Å². The Bertz CT molecular complexity index is 438. The van der Waals surface area contributed by atoms with Crippen molar-refractivity contribution in [1.29, 1.82) is 0 Å². The number of halogens is 2. The number of rotatable bonds is 2. The summed E-state index contributed by atoms with van der Waals surface area (Å²) in [4.78, 5) is 11.7. The van der Waals surface area contributed by atoms with Crippen LogP contribution in [0.3, 0.4) is 0 Å². The van der Waals surface area contributed by atoms with Crippen LogP contribution in [0.4, 0.5) is 0 Å². The first-order valence-electron chi connectivity index (χ1n) is 5.68. The number of carbonyl (C=O) groups is 1. The third-order valence-electron chi connectivity index (χ3n) is 3.84. The second kappa shape index (κ2) is 4.51. The van der Waals surface area contributed by atoms with Crippen LogP contribution in [0.1, 0.15) is 31.7 Å². The lowest BCUT2D eigenvalue weighted by Gasteiger charge is -2.31. The summed E-state index contributed by atoms with van der Waals surface area (Å²) in [7, 11) is 0. The van der Waals surface area contributed by atoms with Gasteiger partial charge in [-0.15, -0.1) is 0 Å². The van der Waals surface area contributed by atoms with E-state index in [9.17, 15) is 9.90 Å². The largest absolute Gasteiger partial charge is 0.481 e. The average molecular weight is 273 g/mol. The van der Waals surface area contributed by atoms with Crippen LogP contribution in [-0.4, -0.2) is 11.1 Å². The summed E-state index contributed by atoms with van der Waals surface area (Å²) in [6.45, 7) is 1.96. The molecule has 2 atom stereocenters. The summed E-state index contributed by atoms with van der Waals surface area (Å²) in [5.74, 6) is -0.769. The molecule has 0 spiro atoms. The molecule has 92 valence electrons. The number of benzene rings is 1. The Labute approximate surface area is 111 Å². The van der Waals surface area contributed by atoms with E-state index >= 15 is 0 Å². The molecule has 1 aliphatic rings. The van der Waals surface area contributed by atoms with Gasteiger partial charge in [-0.3, -0.25) is 4.79 Å². The maximum Gasteiger partial charge on any atom is 0.314 e. The summed E-state index contributed by atoms with van der Waals surface area (Å²) in [6, 6.07) is 5.15. The maximum absolute atomic E-state index is 11.7. The van der Waals surface area contributed by atoms with E-state index in [1.165, 1.54) is 0 Å². The molecule has 0 bridgehead atoms. The van der Waals surface area contributed by atoms with Gasteiger partial charge < -0.3 is 5.11 Å². The lowest BCUT2D eigenvalue weighted by atomic mass is 9.73. The van der Waals surface area contributed by atoms with Gasteiger partial charge in [0.1, 0.15) is 0 Å². The van der Waals surface area contributed by atoms with Crippen LogP contribution >= 0.6 is 23.2 Å². The second-order valence-electron chi connectivity index (χ2n) is 4.67. The molecule has 2 nitrogen and oxygen atoms in total. The Morgan fingerprint density at radius 3 is 2.41 bits per heavy atom. The van der Waals surface area contributed by atoms with Crippen LogP contribution in [0.15, 0.2) is 18.2 Å². The van der Waals surface area contributed by atoms with Crippen molar-refractivity contribution in [3.63, 3.8) is 0 Å². The highest BCUT2D eigenvalue weighted by molar-refractivity contribution is 6.36. The van der Waals surface area contributed by atoms with Crippen LogP contribution in [0.5, 0.6) is 0 Å². The highest BCUT2D eigenvalue weighted by Crippen LogP contribution is 2.50. The molecule has 0 aliphatic heterocycles. The summed E-state index contributed by atoms with van der Waals surface area (Å²) in [5.41, 5.74) is -0.337. The van der Waals surface area contributed by atoms with E-state index in [4.69, 9.17) is 23.2 Å². The van der Waals surface area contributed by atoms with E-state index in [1.807, 2.05) is 6.92 Å². The molecule has 1 N–H and O–H groups in total. The highest BCUT2D eigenvalue weighted by Gasteiger charge is 2.50. The molecule has 1 saturated carbocycles. The first-order valence-corrected chi connectivity index (χ1v) is 6.43. The van der Waals surface area contributed by atoms with Crippen LogP contribution in [0, 0.1) is 5.92 Å². The Morgan fingerprint density at radius 2 is 2.00 bits per heavy atom. The molecule has 1 aromatic rings. The van der Waals surface area contributed by atoms with Crippen LogP contribution < -0.4 is 0 Å². The number of hydrogen-bond donors (Lipinski definition) is 1. The van der Waals surface area contributed by atoms with Gasteiger partial charge in [-0.05, 0) is 30.9 Å². The molecule has 2 unspecified atom stereocenters. The van der Waals surface area contributed by atoms with E-state index in [1.54, 1.807) is 18.2 Å². The molecule has 1 fully saturated rings. The van der Waals surface area contributed by atoms with E-state index in [2.05, 4.69) is 0 Å². The molecule has 1 aliphatic carbocycles. The van der Waals surface area contributed by atoms with Gasteiger partial charge >= 0.3 is 5.97 Å². The summed E-state index contributed by atoms with van der Waals surface area (Å²) in [6.07, 6.45) is 2.40. The van der Waals surface area contributed by atoms with Crippen molar-refractivity contribution in [2.75, 3.05) is 0 Å². The van der Waals surface area contributed by atoms with Gasteiger partial charge in [0.2, 0.25) is 0 Å². The third-order valence-corrected chi connectivity index (χ3v) is 4.47. The second-order valence-corrected chi connectivity index (χ2v) is 5.48. The summed E-state index contributed by atoms with van der Waals surface area (Å²) in [5, 5.41) is 10.5. The molecule has 0 saturated heterocycles. The van der Waals surface area contributed by atoms with E-state index in [0.717, 1.165) is 12.8 Å². The monoisotopic (exact) mass is 272 g/mol. The zero-order valence-electron chi connectivity index (χ0n) is 9.54. The van der Waals surface area contributed by atoms with Crippen LogP contribution in [0.2, 0.25) is 10.0 Å². The predicted molar refractivity (Wildman–Crippen MR) is 68.8 cm³/mol. The normalized spacial score (nSPS) is 28.3. The first-order chi connectivity index (χ1) is 8.00. The molecular weight excluding hydrogens is 259 g/mol. The number of hydrogen-bond acceptors (Lipinski definition) is 1. The Balaban J connectivity index is 2.66. The van der Waals surface area contributed by atoms with Crippen LogP contribution in [0.25, 0.3) is 0 Å². The fourth-order valence-corrected chi connectivity index (χ4v) is 3.63. The SMILES string of the molecule is CC1CCCC1(C(=O)O)c1c(Cl)cccc1Cl. The molecule has 4 heteroatoms. The fourth-order valence-electron chi connectivity index (χ4n) is 2.90. The van der Waals surface area contributed by atoms with Crippen molar-refractivity contribution in [1.82, 2.24) is 0 Å². The van der Waals surface area contributed by atoms with Crippen molar-refractivity contribution >= 4 is 29.2 Å². The molecule has 0 amide bonds. The Hall–Kier alpha value is -0.730. The van der Waals surface area contributed by atoms with Gasteiger partial charge in [0, 0.05) is 15.6 Å². The zero-order chi connectivity index (χ0) is 12.6. The number of carboxylic acids is 1. The lowest BCUT2D eigenvalue weighted by Crippen LogP contribution is -2.38. The smallest absolute Gasteiger partial charge is 0.314 e. The number of carboxylic acid groups (broad SMARTS) is 1. The van der Waals surface area contributed by atoms with Gasteiger partial charge in [-0.2, -0.15) is 0 Å². The summed E-state index contributed by atoms with van der Waals surface area (Å²) >= 11 is 12.3. The van der Waals surface area contributed by atoms with E-state index in [0.29, 0.717) is 22.0 Å². The van der Waals surface area contributed by atoms with Gasteiger partial charge in [-0.1, -0.05) is 42.6 Å². The minimum absolute atomic E-state index is 0.0531. The van der Waals surface area contributed by atoms with E-state index < -0.39 is 11.4 Å². The first kappa shape index (κ1) is 12.7. The van der Waals surface area contributed by atoms with Crippen molar-refractivity contribution in [2.45, 2.75) is 31.6 Å². The van der Waals surface area contributed by atoms with Gasteiger partial charge in [-0.25, -0.2) is 0 Å². The number of aliphatic carboxylic acids is 1. The zero-order valence-corrected chi connectivity index (χ0v) is 11.1. The van der Waals surface area contributed by atoms with E-state index in [-0.39, 0.29) is 5.92 Å². The lowest BCUT2D eigenvalue weighted by molar-refractivity contribution is -0.145. The van der Waals surface area contributed by atoms with Crippen molar-refractivity contribution in [2.24, 2.45) is 5.92 Å². The Kier molecular flexibility index (Phi) is 3.37. The highest BCUT2D eigenvalue weighted by atomic mass is 35.5. The molecule has 1 aromatic carbocycles. The minimum atomic E-state index is -0.921. The maximum atomic E-state index is 11.7. The van der Waals surface area contributed by atoms with Gasteiger partial charge in [0.05, 0.1) is 5.41 Å². The minimum Gasteiger partial charge on any atom is -0.481 e. The molecule has 0 radical (unpaired) electrons. The molecule has 0 aromatic heterocycles. The average Bonchev–Trinajstić information content (AvgIpc) is 2.61. The van der Waals surface area contributed by atoms with Crippen molar-refractivity contribution in [3.05, 3.63) is 33.8 Å². The van der Waals surface area contributed by atoms with Gasteiger partial charge in [0.25, 0.3) is 0 Å². The fraction of sp³-hybridized carbons (Fsp3) is 0.462. The molecule has 2 rings (SSSR count). The van der Waals surface area contributed by atoms with Crippen molar-refractivity contribution in [3.8, 4) is 0 Å². The molecule has 0 heterocycles. The molecule has 17 heavy (non-hydrogen) atoms. The van der Waals surface area contributed by atoms with Crippen LogP contribution in [-0.2, 0) is 10.2 Å². The third kappa shape index (κ3) is 1.84. The Morgan fingerprint density at radius 1 is 1.41 bits per heavy atom.